The fourth-order valence-corrected chi connectivity index (χ4v) is 4.36. The van der Waals surface area contributed by atoms with Gasteiger partial charge in [0.25, 0.3) is 5.56 Å². The predicted molar refractivity (Wildman–Crippen MR) is 117 cm³/mol. The second kappa shape index (κ2) is 6.87. The highest BCUT2D eigenvalue weighted by Gasteiger charge is 2.21. The molecule has 1 aliphatic rings. The molecular formula is C23H21ClN4O. The van der Waals surface area contributed by atoms with Gasteiger partial charge < -0.3 is 9.47 Å². The Bertz CT molecular complexity index is 1290. The Morgan fingerprint density at radius 2 is 1.93 bits per heavy atom. The topological polar surface area (TPSA) is 43.1 Å². The smallest absolute Gasteiger partial charge is 0.255 e. The first-order valence-corrected chi connectivity index (χ1v) is 10.0. The predicted octanol–water partition coefficient (Wildman–Crippen LogP) is 4.03. The summed E-state index contributed by atoms with van der Waals surface area (Å²) in [6, 6.07) is 13.4. The van der Waals surface area contributed by atoms with Gasteiger partial charge in [0.1, 0.15) is 0 Å². The Morgan fingerprint density at radius 1 is 1.07 bits per heavy atom. The molecule has 0 saturated heterocycles. The maximum atomic E-state index is 12.8. The highest BCUT2D eigenvalue weighted by Crippen LogP contribution is 2.31. The van der Waals surface area contributed by atoms with Crippen molar-refractivity contribution in [3.8, 4) is 16.9 Å². The zero-order valence-corrected chi connectivity index (χ0v) is 17.1. The standard InChI is InChI=1S/C23H21ClN4O/c1-26-9-8-21-19(14-26)18-5-4-17(12-22(18)27(21)2)28-10-7-15(11-23(28)29)20-6-3-16(24)13-25-20/h3-7,10-13H,8-9,14H2,1-2H3. The minimum Gasteiger partial charge on any atom is -0.347 e. The third-order valence-corrected chi connectivity index (χ3v) is 6.02. The number of aryl methyl sites for hydroxylation is 1. The number of likely N-dealkylation sites (N-methyl/N-ethyl adjacent to an activating group) is 1. The van der Waals surface area contributed by atoms with Gasteiger partial charge in [-0.1, -0.05) is 17.7 Å². The normalized spacial score (nSPS) is 14.3. The third kappa shape index (κ3) is 3.07. The largest absolute Gasteiger partial charge is 0.347 e. The Balaban J connectivity index is 1.58. The van der Waals surface area contributed by atoms with Gasteiger partial charge in [-0.3, -0.25) is 14.3 Å². The minimum absolute atomic E-state index is 0.0858. The quantitative estimate of drug-likeness (QED) is 0.506. The molecule has 5 rings (SSSR count). The lowest BCUT2D eigenvalue weighted by Crippen LogP contribution is -2.26. The van der Waals surface area contributed by atoms with Gasteiger partial charge in [-0.15, -0.1) is 0 Å². The number of hydrogen-bond acceptors (Lipinski definition) is 3. The van der Waals surface area contributed by atoms with Gasteiger partial charge in [0, 0.05) is 61.7 Å². The SMILES string of the molecule is CN1CCc2c(c3ccc(-n4ccc(-c5ccc(Cl)cn5)cc4=O)cc3n2C)C1. The molecule has 0 unspecified atom stereocenters. The van der Waals surface area contributed by atoms with Crippen LogP contribution in [0, 0.1) is 0 Å². The molecular weight excluding hydrogens is 384 g/mol. The van der Waals surface area contributed by atoms with Crippen molar-refractivity contribution in [1.82, 2.24) is 19.0 Å². The molecule has 0 spiro atoms. The Morgan fingerprint density at radius 3 is 2.69 bits per heavy atom. The van der Waals surface area contributed by atoms with Crippen LogP contribution in [-0.4, -0.2) is 32.6 Å². The van der Waals surface area contributed by atoms with E-state index in [0.717, 1.165) is 42.0 Å². The van der Waals surface area contributed by atoms with E-state index in [9.17, 15) is 4.79 Å². The van der Waals surface area contributed by atoms with E-state index in [-0.39, 0.29) is 5.56 Å². The lowest BCUT2D eigenvalue weighted by Gasteiger charge is -2.23. The van der Waals surface area contributed by atoms with E-state index in [0.29, 0.717) is 5.02 Å². The summed E-state index contributed by atoms with van der Waals surface area (Å²) in [7, 11) is 4.28. The maximum Gasteiger partial charge on any atom is 0.255 e. The van der Waals surface area contributed by atoms with Gasteiger partial charge in [0.2, 0.25) is 0 Å². The molecule has 0 saturated carbocycles. The van der Waals surface area contributed by atoms with Crippen LogP contribution < -0.4 is 5.56 Å². The lowest BCUT2D eigenvalue weighted by atomic mass is 10.0. The van der Waals surface area contributed by atoms with Gasteiger partial charge in [0.05, 0.1) is 21.9 Å². The van der Waals surface area contributed by atoms with Gasteiger partial charge in [-0.05, 0) is 42.9 Å². The monoisotopic (exact) mass is 404 g/mol. The second-order valence-electron chi connectivity index (χ2n) is 7.66. The zero-order valence-electron chi connectivity index (χ0n) is 16.4. The fourth-order valence-electron chi connectivity index (χ4n) is 4.24. The lowest BCUT2D eigenvalue weighted by molar-refractivity contribution is 0.310. The van der Waals surface area contributed by atoms with Gasteiger partial charge in [0.15, 0.2) is 0 Å². The molecule has 1 aromatic carbocycles. The summed E-state index contributed by atoms with van der Waals surface area (Å²) in [5, 5.41) is 1.85. The number of halogens is 1. The van der Waals surface area contributed by atoms with E-state index in [4.69, 9.17) is 11.6 Å². The van der Waals surface area contributed by atoms with Crippen LogP contribution in [0.25, 0.3) is 27.8 Å². The molecule has 0 fully saturated rings. The van der Waals surface area contributed by atoms with Crippen molar-refractivity contribution >= 4 is 22.5 Å². The van der Waals surface area contributed by atoms with E-state index in [1.165, 1.54) is 16.6 Å². The molecule has 0 amide bonds. The molecule has 0 atom stereocenters. The Labute approximate surface area is 173 Å². The van der Waals surface area contributed by atoms with Crippen LogP contribution in [0.5, 0.6) is 0 Å². The molecule has 146 valence electrons. The molecule has 5 nitrogen and oxygen atoms in total. The molecule has 4 heterocycles. The summed E-state index contributed by atoms with van der Waals surface area (Å²) in [5.74, 6) is 0. The number of nitrogens with zero attached hydrogens (tertiary/aromatic N) is 4. The van der Waals surface area contributed by atoms with E-state index in [1.54, 1.807) is 22.9 Å². The van der Waals surface area contributed by atoms with Gasteiger partial charge in [-0.2, -0.15) is 0 Å². The van der Waals surface area contributed by atoms with Gasteiger partial charge in [-0.25, -0.2) is 0 Å². The number of pyridine rings is 2. The maximum absolute atomic E-state index is 12.8. The molecule has 0 bridgehead atoms. The molecule has 0 radical (unpaired) electrons. The van der Waals surface area contributed by atoms with Crippen LogP contribution in [0.15, 0.2) is 59.7 Å². The second-order valence-corrected chi connectivity index (χ2v) is 8.10. The third-order valence-electron chi connectivity index (χ3n) is 5.80. The van der Waals surface area contributed by atoms with Crippen LogP contribution >= 0.6 is 11.6 Å². The van der Waals surface area contributed by atoms with Crippen LogP contribution in [0.4, 0.5) is 0 Å². The summed E-state index contributed by atoms with van der Waals surface area (Å²) in [6.45, 7) is 2.04. The Hall–Kier alpha value is -2.89. The first kappa shape index (κ1) is 18.2. The average Bonchev–Trinajstić information content (AvgIpc) is 2.99. The molecule has 29 heavy (non-hydrogen) atoms. The summed E-state index contributed by atoms with van der Waals surface area (Å²) < 4.78 is 3.95. The first-order valence-electron chi connectivity index (χ1n) is 9.65. The van der Waals surface area contributed by atoms with E-state index in [1.807, 2.05) is 24.4 Å². The first-order chi connectivity index (χ1) is 14.0. The number of rotatable bonds is 2. The molecule has 6 heteroatoms. The van der Waals surface area contributed by atoms with E-state index >= 15 is 0 Å². The summed E-state index contributed by atoms with van der Waals surface area (Å²) in [4.78, 5) is 19.5. The molecule has 1 aliphatic heterocycles. The van der Waals surface area contributed by atoms with Crippen molar-refractivity contribution in [2.24, 2.45) is 7.05 Å². The van der Waals surface area contributed by atoms with Crippen LogP contribution in [0.2, 0.25) is 5.02 Å². The number of fused-ring (bicyclic) bond motifs is 3. The fraction of sp³-hybridized carbons (Fsp3) is 0.217. The highest BCUT2D eigenvalue weighted by atomic mass is 35.5. The molecule has 3 aromatic heterocycles. The van der Waals surface area contributed by atoms with Crippen molar-refractivity contribution in [2.75, 3.05) is 13.6 Å². The molecule has 0 aliphatic carbocycles. The van der Waals surface area contributed by atoms with Gasteiger partial charge >= 0.3 is 0 Å². The van der Waals surface area contributed by atoms with E-state index < -0.39 is 0 Å². The molecule has 0 N–H and O–H groups in total. The average molecular weight is 405 g/mol. The van der Waals surface area contributed by atoms with Crippen molar-refractivity contribution in [3.63, 3.8) is 0 Å². The van der Waals surface area contributed by atoms with Crippen LogP contribution in [-0.2, 0) is 20.0 Å². The summed E-state index contributed by atoms with van der Waals surface area (Å²) >= 11 is 5.91. The minimum atomic E-state index is -0.0858. The van der Waals surface area contributed by atoms with Crippen molar-refractivity contribution in [1.29, 1.82) is 0 Å². The number of hydrogen-bond donors (Lipinski definition) is 0. The van der Waals surface area contributed by atoms with Crippen molar-refractivity contribution in [2.45, 2.75) is 13.0 Å². The summed E-state index contributed by atoms with van der Waals surface area (Å²) in [6.07, 6.45) is 4.45. The van der Waals surface area contributed by atoms with E-state index in [2.05, 4.69) is 40.7 Å². The van der Waals surface area contributed by atoms with Crippen LogP contribution in [0.3, 0.4) is 0 Å². The zero-order chi connectivity index (χ0) is 20.1. The van der Waals surface area contributed by atoms with Crippen molar-refractivity contribution < 1.29 is 0 Å². The molecule has 4 aromatic rings. The summed E-state index contributed by atoms with van der Waals surface area (Å²) in [5.41, 5.74) is 6.25. The Kier molecular flexibility index (Phi) is 4.30. The van der Waals surface area contributed by atoms with Crippen LogP contribution in [0.1, 0.15) is 11.3 Å². The number of benzene rings is 1. The number of aromatic nitrogens is 3. The highest BCUT2D eigenvalue weighted by molar-refractivity contribution is 6.30. The van der Waals surface area contributed by atoms with Crippen molar-refractivity contribution in [3.05, 3.63) is 81.5 Å².